The molecule has 1 aliphatic rings. The van der Waals surface area contributed by atoms with E-state index >= 15 is 0 Å². The SMILES string of the molecule is Cl.NC1(CCO)CCC1. The summed E-state index contributed by atoms with van der Waals surface area (Å²) in [6.07, 6.45) is 4.24. The normalized spacial score (nSPS) is 22.0. The smallest absolute Gasteiger partial charge is 0.0448 e. The number of nitrogens with two attached hydrogens (primary N) is 1. The zero-order valence-electron chi connectivity index (χ0n) is 5.47. The second kappa shape index (κ2) is 3.40. The lowest BCUT2D eigenvalue weighted by Gasteiger charge is -2.37. The van der Waals surface area contributed by atoms with Gasteiger partial charge in [-0.3, -0.25) is 0 Å². The largest absolute Gasteiger partial charge is 0.396 e. The highest BCUT2D eigenvalue weighted by atomic mass is 35.5. The average Bonchev–Trinajstić information content (AvgIpc) is 1.64. The molecule has 1 fully saturated rings. The van der Waals surface area contributed by atoms with E-state index < -0.39 is 0 Å². The summed E-state index contributed by atoms with van der Waals surface area (Å²) < 4.78 is 0. The van der Waals surface area contributed by atoms with Gasteiger partial charge >= 0.3 is 0 Å². The van der Waals surface area contributed by atoms with Crippen molar-refractivity contribution < 1.29 is 5.11 Å². The van der Waals surface area contributed by atoms with E-state index in [0.717, 1.165) is 19.3 Å². The predicted molar refractivity (Wildman–Crippen MR) is 39.7 cm³/mol. The van der Waals surface area contributed by atoms with Gasteiger partial charge < -0.3 is 10.8 Å². The zero-order chi connectivity index (χ0) is 6.04. The van der Waals surface area contributed by atoms with Gasteiger partial charge in [0.2, 0.25) is 0 Å². The van der Waals surface area contributed by atoms with Crippen LogP contribution in [0.5, 0.6) is 0 Å². The molecule has 0 aliphatic heterocycles. The summed E-state index contributed by atoms with van der Waals surface area (Å²) in [5.74, 6) is 0. The summed E-state index contributed by atoms with van der Waals surface area (Å²) in [6, 6.07) is 0. The quantitative estimate of drug-likeness (QED) is 0.610. The van der Waals surface area contributed by atoms with Gasteiger partial charge in [0.05, 0.1) is 0 Å². The fourth-order valence-corrected chi connectivity index (χ4v) is 1.10. The number of rotatable bonds is 2. The Hall–Kier alpha value is 0.210. The second-order valence-corrected chi connectivity index (χ2v) is 2.69. The van der Waals surface area contributed by atoms with E-state index in [1.807, 2.05) is 0 Å². The second-order valence-electron chi connectivity index (χ2n) is 2.69. The van der Waals surface area contributed by atoms with Crippen LogP contribution in [0.25, 0.3) is 0 Å². The molecule has 1 aliphatic carbocycles. The van der Waals surface area contributed by atoms with Crippen LogP contribution in [0.4, 0.5) is 0 Å². The van der Waals surface area contributed by atoms with Gasteiger partial charge in [0.15, 0.2) is 0 Å². The Kier molecular flexibility index (Phi) is 3.48. The monoisotopic (exact) mass is 151 g/mol. The van der Waals surface area contributed by atoms with Crippen LogP contribution in [-0.4, -0.2) is 17.3 Å². The minimum absolute atomic E-state index is 0. The highest BCUT2D eigenvalue weighted by Gasteiger charge is 2.31. The van der Waals surface area contributed by atoms with Crippen LogP contribution < -0.4 is 5.73 Å². The van der Waals surface area contributed by atoms with Crippen molar-refractivity contribution in [3.63, 3.8) is 0 Å². The molecule has 0 saturated heterocycles. The van der Waals surface area contributed by atoms with Gasteiger partial charge in [-0.05, 0) is 25.7 Å². The van der Waals surface area contributed by atoms with Gasteiger partial charge in [-0.2, -0.15) is 0 Å². The minimum Gasteiger partial charge on any atom is -0.396 e. The van der Waals surface area contributed by atoms with Crippen molar-refractivity contribution in [3.8, 4) is 0 Å². The van der Waals surface area contributed by atoms with Crippen LogP contribution >= 0.6 is 12.4 Å². The number of halogens is 1. The Morgan fingerprint density at radius 1 is 1.44 bits per heavy atom. The molecule has 0 heterocycles. The van der Waals surface area contributed by atoms with E-state index in [0.29, 0.717) is 0 Å². The van der Waals surface area contributed by atoms with E-state index in [-0.39, 0.29) is 24.6 Å². The van der Waals surface area contributed by atoms with Gasteiger partial charge in [0.25, 0.3) is 0 Å². The van der Waals surface area contributed by atoms with Crippen molar-refractivity contribution >= 4 is 12.4 Å². The molecular weight excluding hydrogens is 138 g/mol. The summed E-state index contributed by atoms with van der Waals surface area (Å²) in [5, 5.41) is 8.49. The number of aliphatic hydroxyl groups excluding tert-OH is 1. The maximum Gasteiger partial charge on any atom is 0.0448 e. The third kappa shape index (κ3) is 2.12. The number of hydrogen-bond acceptors (Lipinski definition) is 2. The molecule has 0 aromatic heterocycles. The first kappa shape index (κ1) is 9.21. The van der Waals surface area contributed by atoms with E-state index in [2.05, 4.69) is 0 Å². The molecule has 0 aromatic carbocycles. The lowest BCUT2D eigenvalue weighted by atomic mass is 9.76. The fourth-order valence-electron chi connectivity index (χ4n) is 1.10. The Morgan fingerprint density at radius 3 is 2.11 bits per heavy atom. The summed E-state index contributed by atoms with van der Waals surface area (Å²) in [6.45, 7) is 0.247. The lowest BCUT2D eigenvalue weighted by molar-refractivity contribution is 0.172. The van der Waals surface area contributed by atoms with Crippen LogP contribution in [0.2, 0.25) is 0 Å². The number of aliphatic hydroxyl groups is 1. The van der Waals surface area contributed by atoms with Crippen LogP contribution in [0.3, 0.4) is 0 Å². The van der Waals surface area contributed by atoms with Gasteiger partial charge in [-0.25, -0.2) is 0 Å². The van der Waals surface area contributed by atoms with E-state index in [9.17, 15) is 0 Å². The van der Waals surface area contributed by atoms with Crippen molar-refractivity contribution in [2.75, 3.05) is 6.61 Å². The maximum atomic E-state index is 8.49. The molecule has 2 nitrogen and oxygen atoms in total. The Labute approximate surface area is 61.8 Å². The summed E-state index contributed by atoms with van der Waals surface area (Å²) in [7, 11) is 0. The fraction of sp³-hybridized carbons (Fsp3) is 1.00. The molecule has 1 saturated carbocycles. The minimum atomic E-state index is 0. The zero-order valence-corrected chi connectivity index (χ0v) is 6.28. The van der Waals surface area contributed by atoms with Crippen LogP contribution in [0, 0.1) is 0 Å². The summed E-state index contributed by atoms with van der Waals surface area (Å²) >= 11 is 0. The lowest BCUT2D eigenvalue weighted by Crippen LogP contribution is -2.47. The molecule has 0 radical (unpaired) electrons. The Morgan fingerprint density at radius 2 is 2.00 bits per heavy atom. The molecule has 9 heavy (non-hydrogen) atoms. The third-order valence-electron chi connectivity index (χ3n) is 1.96. The molecule has 3 heteroatoms. The third-order valence-corrected chi connectivity index (χ3v) is 1.96. The molecule has 0 atom stereocenters. The molecule has 0 aromatic rings. The summed E-state index contributed by atoms with van der Waals surface area (Å²) in [4.78, 5) is 0. The molecule has 0 spiro atoms. The van der Waals surface area contributed by atoms with Gasteiger partial charge in [0, 0.05) is 12.1 Å². The van der Waals surface area contributed by atoms with Crippen LogP contribution in [-0.2, 0) is 0 Å². The van der Waals surface area contributed by atoms with Crippen molar-refractivity contribution in [2.24, 2.45) is 5.73 Å². The average molecular weight is 152 g/mol. The first-order valence-electron chi connectivity index (χ1n) is 3.17. The highest BCUT2D eigenvalue weighted by Crippen LogP contribution is 2.31. The van der Waals surface area contributed by atoms with Crippen LogP contribution in [0.15, 0.2) is 0 Å². The van der Waals surface area contributed by atoms with Crippen molar-refractivity contribution in [2.45, 2.75) is 31.2 Å². The first-order chi connectivity index (χ1) is 3.77. The molecule has 0 bridgehead atoms. The molecule has 3 N–H and O–H groups in total. The topological polar surface area (TPSA) is 46.2 Å². The molecule has 56 valence electrons. The molecular formula is C6H14ClNO. The highest BCUT2D eigenvalue weighted by molar-refractivity contribution is 5.85. The molecule has 1 rings (SSSR count). The van der Waals surface area contributed by atoms with Gasteiger partial charge in [-0.1, -0.05) is 0 Å². The van der Waals surface area contributed by atoms with Gasteiger partial charge in [-0.15, -0.1) is 12.4 Å². The molecule has 0 unspecified atom stereocenters. The van der Waals surface area contributed by atoms with E-state index in [1.165, 1.54) is 6.42 Å². The first-order valence-corrected chi connectivity index (χ1v) is 3.17. The van der Waals surface area contributed by atoms with E-state index in [1.54, 1.807) is 0 Å². The van der Waals surface area contributed by atoms with Gasteiger partial charge in [0.1, 0.15) is 0 Å². The van der Waals surface area contributed by atoms with Crippen LogP contribution in [0.1, 0.15) is 25.7 Å². The Bertz CT molecular complexity index is 83.1. The van der Waals surface area contributed by atoms with E-state index in [4.69, 9.17) is 10.8 Å². The molecule has 0 amide bonds. The standard InChI is InChI=1S/C6H13NO.ClH/c7-6(4-5-8)2-1-3-6;/h8H,1-5,7H2;1H. The maximum absolute atomic E-state index is 8.49. The Balaban J connectivity index is 0.000000640. The van der Waals surface area contributed by atoms with Crippen molar-refractivity contribution in [3.05, 3.63) is 0 Å². The van der Waals surface area contributed by atoms with Crippen molar-refractivity contribution in [1.29, 1.82) is 0 Å². The van der Waals surface area contributed by atoms with Crippen molar-refractivity contribution in [1.82, 2.24) is 0 Å². The predicted octanol–water partition coefficient (Wildman–Crippen LogP) is 0.672. The summed E-state index contributed by atoms with van der Waals surface area (Å²) in [5.41, 5.74) is 5.78. The number of hydrogen-bond donors (Lipinski definition) is 2.